The minimum absolute atomic E-state index is 0.0250. The third kappa shape index (κ3) is 2.71. The van der Waals surface area contributed by atoms with Crippen LogP contribution < -0.4 is 5.32 Å². The summed E-state index contributed by atoms with van der Waals surface area (Å²) >= 11 is 0. The van der Waals surface area contributed by atoms with E-state index in [2.05, 4.69) is 48.2 Å². The van der Waals surface area contributed by atoms with Crippen LogP contribution in [0.25, 0.3) is 22.8 Å². The van der Waals surface area contributed by atoms with Gasteiger partial charge in [0.05, 0.1) is 17.0 Å². The summed E-state index contributed by atoms with van der Waals surface area (Å²) in [4.78, 5) is 24.5. The van der Waals surface area contributed by atoms with E-state index in [1.807, 2.05) is 12.1 Å². The number of nitrogens with zero attached hydrogens (tertiary/aromatic N) is 2. The molecular weight excluding hydrogens is 312 g/mol. The lowest BCUT2D eigenvalue weighted by Crippen LogP contribution is -2.31. The van der Waals surface area contributed by atoms with E-state index < -0.39 is 0 Å². The Morgan fingerprint density at radius 3 is 2.60 bits per heavy atom. The van der Waals surface area contributed by atoms with Crippen molar-refractivity contribution in [3.8, 4) is 22.8 Å². The van der Waals surface area contributed by atoms with Gasteiger partial charge in [-0.05, 0) is 55.7 Å². The zero-order valence-corrected chi connectivity index (χ0v) is 14.6. The summed E-state index contributed by atoms with van der Waals surface area (Å²) in [5.74, 6) is 0.679. The molecular formula is C20H20N4O. The fraction of sp³-hybridized carbons (Fsp3) is 0.250. The van der Waals surface area contributed by atoms with Gasteiger partial charge < -0.3 is 10.3 Å². The maximum Gasteiger partial charge on any atom is 0.253 e. The Hall–Kier alpha value is -2.95. The van der Waals surface area contributed by atoms with Crippen molar-refractivity contribution in [1.82, 2.24) is 20.3 Å². The van der Waals surface area contributed by atoms with Crippen LogP contribution in [0.1, 0.15) is 32.7 Å². The van der Waals surface area contributed by atoms with Crippen molar-refractivity contribution in [2.24, 2.45) is 0 Å². The first kappa shape index (κ1) is 15.6. The van der Waals surface area contributed by atoms with E-state index in [9.17, 15) is 4.79 Å². The van der Waals surface area contributed by atoms with Gasteiger partial charge in [-0.1, -0.05) is 6.07 Å². The number of rotatable bonds is 2. The van der Waals surface area contributed by atoms with Crippen LogP contribution in [0, 0.1) is 20.8 Å². The molecule has 0 saturated carbocycles. The molecule has 0 radical (unpaired) electrons. The van der Waals surface area contributed by atoms with Gasteiger partial charge in [0.15, 0.2) is 5.82 Å². The lowest BCUT2D eigenvalue weighted by atomic mass is 10.0. The standard InChI is InChI=1S/C20H20N4O/c1-11-8-13(3)14(9-12(11)2)19-21-6-5-17(24-19)18-10-15-16(23-18)4-7-22-20(15)25/h5-6,8-10,23H,4,7H2,1-3H3,(H,22,25). The van der Waals surface area contributed by atoms with Gasteiger partial charge in [-0.15, -0.1) is 0 Å². The van der Waals surface area contributed by atoms with Crippen molar-refractivity contribution in [1.29, 1.82) is 0 Å². The second-order valence-electron chi connectivity index (χ2n) is 6.60. The minimum Gasteiger partial charge on any atom is -0.356 e. The van der Waals surface area contributed by atoms with Crippen LogP contribution in [0.3, 0.4) is 0 Å². The fourth-order valence-electron chi connectivity index (χ4n) is 3.27. The molecule has 1 aliphatic heterocycles. The molecule has 0 saturated heterocycles. The van der Waals surface area contributed by atoms with Crippen LogP contribution in [0.2, 0.25) is 0 Å². The summed E-state index contributed by atoms with van der Waals surface area (Å²) in [6.45, 7) is 6.95. The van der Waals surface area contributed by atoms with Gasteiger partial charge in [-0.2, -0.15) is 0 Å². The quantitative estimate of drug-likeness (QED) is 0.756. The van der Waals surface area contributed by atoms with Crippen LogP contribution >= 0.6 is 0 Å². The number of hydrogen-bond donors (Lipinski definition) is 2. The maximum atomic E-state index is 12.0. The molecule has 0 bridgehead atoms. The molecule has 2 aromatic heterocycles. The van der Waals surface area contributed by atoms with E-state index in [0.29, 0.717) is 17.9 Å². The van der Waals surface area contributed by atoms with Crippen molar-refractivity contribution >= 4 is 5.91 Å². The molecule has 0 aliphatic carbocycles. The number of hydrogen-bond acceptors (Lipinski definition) is 3. The zero-order valence-electron chi connectivity index (χ0n) is 14.6. The summed E-state index contributed by atoms with van der Waals surface area (Å²) in [5.41, 5.74) is 8.02. The highest BCUT2D eigenvalue weighted by Gasteiger charge is 2.20. The number of aromatic amines is 1. The average molecular weight is 332 g/mol. The first-order valence-electron chi connectivity index (χ1n) is 8.44. The molecule has 1 aliphatic rings. The van der Waals surface area contributed by atoms with Crippen LogP contribution in [-0.2, 0) is 6.42 Å². The summed E-state index contributed by atoms with van der Waals surface area (Å²) in [7, 11) is 0. The van der Waals surface area contributed by atoms with Crippen LogP contribution in [0.5, 0.6) is 0 Å². The Morgan fingerprint density at radius 2 is 1.80 bits per heavy atom. The zero-order chi connectivity index (χ0) is 17.6. The number of aromatic nitrogens is 3. The molecule has 0 atom stereocenters. The molecule has 5 nitrogen and oxygen atoms in total. The van der Waals surface area contributed by atoms with E-state index in [1.165, 1.54) is 11.1 Å². The molecule has 0 unspecified atom stereocenters. The number of carbonyl (C=O) groups is 1. The van der Waals surface area contributed by atoms with E-state index in [1.54, 1.807) is 6.20 Å². The highest BCUT2D eigenvalue weighted by molar-refractivity contribution is 5.97. The topological polar surface area (TPSA) is 70.7 Å². The number of benzene rings is 1. The van der Waals surface area contributed by atoms with E-state index in [4.69, 9.17) is 4.98 Å². The molecule has 1 aromatic carbocycles. The van der Waals surface area contributed by atoms with Gasteiger partial charge in [0, 0.05) is 30.4 Å². The molecule has 1 amide bonds. The molecule has 5 heteroatoms. The summed E-state index contributed by atoms with van der Waals surface area (Å²) in [6, 6.07) is 8.05. The van der Waals surface area contributed by atoms with Crippen LogP contribution in [-0.4, -0.2) is 27.4 Å². The monoisotopic (exact) mass is 332 g/mol. The van der Waals surface area contributed by atoms with Crippen LogP contribution in [0.4, 0.5) is 0 Å². The van der Waals surface area contributed by atoms with E-state index in [0.717, 1.165) is 34.6 Å². The third-order valence-electron chi connectivity index (χ3n) is 4.82. The number of carbonyl (C=O) groups excluding carboxylic acids is 1. The number of amides is 1. The molecule has 126 valence electrons. The Labute approximate surface area is 146 Å². The predicted octanol–water partition coefficient (Wildman–Crippen LogP) is 3.35. The maximum absolute atomic E-state index is 12.0. The Morgan fingerprint density at radius 1 is 1.00 bits per heavy atom. The second kappa shape index (κ2) is 5.84. The molecule has 0 fully saturated rings. The highest BCUT2D eigenvalue weighted by Crippen LogP contribution is 2.27. The molecule has 3 heterocycles. The van der Waals surface area contributed by atoms with E-state index >= 15 is 0 Å². The lowest BCUT2D eigenvalue weighted by Gasteiger charge is -2.11. The molecule has 25 heavy (non-hydrogen) atoms. The second-order valence-corrected chi connectivity index (χ2v) is 6.60. The minimum atomic E-state index is -0.0250. The van der Waals surface area contributed by atoms with Gasteiger partial charge in [0.2, 0.25) is 0 Å². The average Bonchev–Trinajstić information content (AvgIpc) is 3.04. The van der Waals surface area contributed by atoms with Gasteiger partial charge in [0.1, 0.15) is 0 Å². The Balaban J connectivity index is 1.78. The Bertz CT molecular complexity index is 987. The number of aryl methyl sites for hydroxylation is 3. The van der Waals surface area contributed by atoms with Gasteiger partial charge in [0.25, 0.3) is 5.91 Å². The van der Waals surface area contributed by atoms with Crippen molar-refractivity contribution in [2.75, 3.05) is 6.54 Å². The molecule has 3 aromatic rings. The van der Waals surface area contributed by atoms with Gasteiger partial charge in [-0.25, -0.2) is 9.97 Å². The predicted molar refractivity (Wildman–Crippen MR) is 97.5 cm³/mol. The fourth-order valence-corrected chi connectivity index (χ4v) is 3.27. The van der Waals surface area contributed by atoms with E-state index in [-0.39, 0.29) is 5.91 Å². The van der Waals surface area contributed by atoms with Crippen molar-refractivity contribution < 1.29 is 4.79 Å². The highest BCUT2D eigenvalue weighted by atomic mass is 16.1. The van der Waals surface area contributed by atoms with Gasteiger partial charge in [-0.3, -0.25) is 4.79 Å². The lowest BCUT2D eigenvalue weighted by molar-refractivity contribution is 0.0946. The Kier molecular flexibility index (Phi) is 3.64. The number of fused-ring (bicyclic) bond motifs is 1. The number of nitrogens with one attached hydrogen (secondary N) is 2. The van der Waals surface area contributed by atoms with Crippen LogP contribution in [0.15, 0.2) is 30.5 Å². The molecule has 4 rings (SSSR count). The summed E-state index contributed by atoms with van der Waals surface area (Å²) < 4.78 is 0. The van der Waals surface area contributed by atoms with Crippen molar-refractivity contribution in [2.45, 2.75) is 27.2 Å². The third-order valence-corrected chi connectivity index (χ3v) is 4.82. The first-order chi connectivity index (χ1) is 12.0. The molecule has 0 spiro atoms. The summed E-state index contributed by atoms with van der Waals surface area (Å²) in [5, 5.41) is 2.87. The first-order valence-corrected chi connectivity index (χ1v) is 8.44. The van der Waals surface area contributed by atoms with Gasteiger partial charge >= 0.3 is 0 Å². The SMILES string of the molecule is Cc1cc(C)c(-c2nccc(-c3cc4c([nH]3)CCNC4=O)n2)cc1C. The van der Waals surface area contributed by atoms with Crippen molar-refractivity contribution in [3.05, 3.63) is 58.4 Å². The largest absolute Gasteiger partial charge is 0.356 e. The smallest absolute Gasteiger partial charge is 0.253 e. The summed E-state index contributed by atoms with van der Waals surface area (Å²) in [6.07, 6.45) is 2.58. The normalized spacial score (nSPS) is 13.5. The van der Waals surface area contributed by atoms with Crippen molar-refractivity contribution in [3.63, 3.8) is 0 Å². The molecule has 2 N–H and O–H groups in total. The number of H-pyrrole nitrogens is 1.